The predicted molar refractivity (Wildman–Crippen MR) is 15.3 cm³/mol. The number of carbonyl (C=O) groups excluding carboxylic acids is 1. The van der Waals surface area contributed by atoms with Crippen molar-refractivity contribution in [2.75, 3.05) is 0 Å². The molecule has 30 valence electrons. The predicted octanol–water partition coefficient (Wildman–Crippen LogP) is -3.85. The van der Waals surface area contributed by atoms with E-state index in [-0.39, 0.29) is 57.8 Å². The molecule has 0 fully saturated rings. The SMILES string of the molecule is CCC(=O)[O-].[K+]. The van der Waals surface area contributed by atoms with Crippen LogP contribution >= 0.6 is 0 Å². The van der Waals surface area contributed by atoms with E-state index in [4.69, 9.17) is 0 Å². The van der Waals surface area contributed by atoms with Crippen molar-refractivity contribution in [1.29, 1.82) is 0 Å². The summed E-state index contributed by atoms with van der Waals surface area (Å²) in [7, 11) is 0. The molecule has 0 aliphatic rings. The number of carbonyl (C=O) groups is 1. The Bertz CT molecular complexity index is 44.1. The van der Waals surface area contributed by atoms with Gasteiger partial charge in [-0.1, -0.05) is 6.92 Å². The molecule has 6 heavy (non-hydrogen) atoms. The minimum Gasteiger partial charge on any atom is -0.550 e. The van der Waals surface area contributed by atoms with Gasteiger partial charge in [0.25, 0.3) is 0 Å². The molecule has 0 rings (SSSR count). The molecule has 0 radical (unpaired) electrons. The molecule has 0 saturated carbocycles. The fourth-order valence-corrected chi connectivity index (χ4v) is 0. The normalized spacial score (nSPS) is 6.17. The number of rotatable bonds is 1. The molecule has 0 saturated heterocycles. The minimum atomic E-state index is -0.995. The first kappa shape index (κ1) is 10.2. The molecule has 0 aliphatic heterocycles. The van der Waals surface area contributed by atoms with Gasteiger partial charge in [0.15, 0.2) is 0 Å². The molecule has 0 amide bonds. The summed E-state index contributed by atoms with van der Waals surface area (Å²) >= 11 is 0. The summed E-state index contributed by atoms with van der Waals surface area (Å²) < 4.78 is 0. The zero-order chi connectivity index (χ0) is 4.28. The minimum absolute atomic E-state index is 0. The molecule has 0 aromatic rings. The van der Waals surface area contributed by atoms with Crippen molar-refractivity contribution >= 4 is 5.97 Å². The smallest absolute Gasteiger partial charge is 0.550 e. The van der Waals surface area contributed by atoms with Gasteiger partial charge in [0.2, 0.25) is 0 Å². The molecule has 0 N–H and O–H groups in total. The molecular weight excluding hydrogens is 107 g/mol. The number of carboxylic acids is 1. The van der Waals surface area contributed by atoms with Gasteiger partial charge >= 0.3 is 51.4 Å². The summed E-state index contributed by atoms with van der Waals surface area (Å²) in [5, 5.41) is 9.26. The van der Waals surface area contributed by atoms with Crippen molar-refractivity contribution in [3.8, 4) is 0 Å². The van der Waals surface area contributed by atoms with Crippen LogP contribution in [0.4, 0.5) is 0 Å². The van der Waals surface area contributed by atoms with Crippen molar-refractivity contribution < 1.29 is 61.3 Å². The van der Waals surface area contributed by atoms with Crippen LogP contribution in [0.3, 0.4) is 0 Å². The molecule has 2 nitrogen and oxygen atoms in total. The molecule has 0 heterocycles. The average molecular weight is 112 g/mol. The Kier molecular flexibility index (Phi) is 10.3. The summed E-state index contributed by atoms with van der Waals surface area (Å²) in [6.45, 7) is 1.54. The van der Waals surface area contributed by atoms with Gasteiger partial charge in [0, 0.05) is 5.97 Å². The molecule has 0 spiro atoms. The van der Waals surface area contributed by atoms with Crippen LogP contribution in [0.15, 0.2) is 0 Å². The largest absolute Gasteiger partial charge is 1.00 e. The van der Waals surface area contributed by atoms with Crippen LogP contribution in [-0.2, 0) is 4.79 Å². The Balaban J connectivity index is 0. The Hall–Kier alpha value is 1.11. The van der Waals surface area contributed by atoms with Gasteiger partial charge in [-0.3, -0.25) is 0 Å². The maximum absolute atomic E-state index is 9.26. The molecule has 0 aromatic carbocycles. The van der Waals surface area contributed by atoms with Crippen molar-refractivity contribution in [3.05, 3.63) is 0 Å². The molecule has 0 bridgehead atoms. The molecule has 0 atom stereocenters. The summed E-state index contributed by atoms with van der Waals surface area (Å²) in [6.07, 6.45) is 0.111. The molecule has 0 aliphatic carbocycles. The fourth-order valence-electron chi connectivity index (χ4n) is 0. The van der Waals surface area contributed by atoms with Crippen molar-refractivity contribution in [3.63, 3.8) is 0 Å². The van der Waals surface area contributed by atoms with E-state index < -0.39 is 5.97 Å². The Labute approximate surface area is 79.3 Å². The third kappa shape index (κ3) is 8.92. The summed E-state index contributed by atoms with van der Waals surface area (Å²) in [6, 6.07) is 0. The van der Waals surface area contributed by atoms with Crippen LogP contribution in [-0.4, -0.2) is 5.97 Å². The van der Waals surface area contributed by atoms with E-state index >= 15 is 0 Å². The number of hydrogen-bond donors (Lipinski definition) is 0. The zero-order valence-electron chi connectivity index (χ0n) is 4.02. The van der Waals surface area contributed by atoms with Crippen LogP contribution in [0.5, 0.6) is 0 Å². The van der Waals surface area contributed by atoms with Gasteiger partial charge in [-0.15, -0.1) is 0 Å². The monoisotopic (exact) mass is 112 g/mol. The molecule has 0 aromatic heterocycles. The number of aliphatic carboxylic acids is 1. The zero-order valence-corrected chi connectivity index (χ0v) is 7.15. The first-order valence-corrected chi connectivity index (χ1v) is 1.47. The molecular formula is C3H5KO2. The first-order chi connectivity index (χ1) is 2.27. The molecule has 0 unspecified atom stereocenters. The van der Waals surface area contributed by atoms with Crippen LogP contribution in [0, 0.1) is 0 Å². The number of hydrogen-bond acceptors (Lipinski definition) is 2. The van der Waals surface area contributed by atoms with Gasteiger partial charge in [-0.25, -0.2) is 0 Å². The van der Waals surface area contributed by atoms with Crippen LogP contribution in [0.1, 0.15) is 13.3 Å². The van der Waals surface area contributed by atoms with E-state index in [1.54, 1.807) is 0 Å². The molecule has 3 heteroatoms. The van der Waals surface area contributed by atoms with Gasteiger partial charge in [-0.05, 0) is 6.42 Å². The van der Waals surface area contributed by atoms with E-state index in [9.17, 15) is 9.90 Å². The van der Waals surface area contributed by atoms with Crippen molar-refractivity contribution in [2.24, 2.45) is 0 Å². The quantitative estimate of drug-likeness (QED) is 0.326. The second-order valence-corrected chi connectivity index (χ2v) is 0.726. The average Bonchev–Trinajstić information content (AvgIpc) is 1.38. The van der Waals surface area contributed by atoms with Crippen molar-refractivity contribution in [2.45, 2.75) is 13.3 Å². The van der Waals surface area contributed by atoms with Gasteiger partial charge in [-0.2, -0.15) is 0 Å². The van der Waals surface area contributed by atoms with E-state index in [1.807, 2.05) is 0 Å². The maximum Gasteiger partial charge on any atom is 1.00 e. The van der Waals surface area contributed by atoms with Crippen LogP contribution in [0.2, 0.25) is 0 Å². The summed E-state index contributed by atoms with van der Waals surface area (Å²) in [5.74, 6) is -0.995. The maximum atomic E-state index is 9.26. The van der Waals surface area contributed by atoms with Crippen molar-refractivity contribution in [1.82, 2.24) is 0 Å². The summed E-state index contributed by atoms with van der Waals surface area (Å²) in [4.78, 5) is 9.26. The third-order valence-electron chi connectivity index (χ3n) is 0.289. The van der Waals surface area contributed by atoms with Crippen LogP contribution in [0.25, 0.3) is 0 Å². The number of carboxylic acid groups (broad SMARTS) is 1. The second kappa shape index (κ2) is 6.11. The Morgan fingerprint density at radius 2 is 2.00 bits per heavy atom. The fraction of sp³-hybridized carbons (Fsp3) is 0.667. The standard InChI is InChI=1S/C3H6O2.K/c1-2-3(4)5;/h2H2,1H3,(H,4,5);/q;+1/p-1. The van der Waals surface area contributed by atoms with Gasteiger partial charge < -0.3 is 9.90 Å². The van der Waals surface area contributed by atoms with Gasteiger partial charge in [0.1, 0.15) is 0 Å². The summed E-state index contributed by atoms with van der Waals surface area (Å²) in [5.41, 5.74) is 0. The van der Waals surface area contributed by atoms with Gasteiger partial charge in [0.05, 0.1) is 0 Å². The van der Waals surface area contributed by atoms with Crippen LogP contribution < -0.4 is 56.5 Å². The first-order valence-electron chi connectivity index (χ1n) is 1.47. The second-order valence-electron chi connectivity index (χ2n) is 0.726. The Morgan fingerprint density at radius 1 is 1.83 bits per heavy atom. The topological polar surface area (TPSA) is 40.1 Å². The van der Waals surface area contributed by atoms with E-state index in [0.717, 1.165) is 0 Å². The Morgan fingerprint density at radius 3 is 2.00 bits per heavy atom. The van der Waals surface area contributed by atoms with E-state index in [1.165, 1.54) is 6.92 Å². The van der Waals surface area contributed by atoms with E-state index in [2.05, 4.69) is 0 Å². The third-order valence-corrected chi connectivity index (χ3v) is 0.289. The van der Waals surface area contributed by atoms with E-state index in [0.29, 0.717) is 0 Å².